The minimum Gasteiger partial charge on any atom is -0.322 e. The van der Waals surface area contributed by atoms with Crippen molar-refractivity contribution in [2.24, 2.45) is 0 Å². The van der Waals surface area contributed by atoms with Crippen LogP contribution in [0.2, 0.25) is 0 Å². The second-order valence-electron chi connectivity index (χ2n) is 4.00. The topological polar surface area (TPSA) is 29.1 Å². The van der Waals surface area contributed by atoms with Crippen molar-refractivity contribution in [2.45, 2.75) is 19.8 Å². The molecule has 18 heavy (non-hydrogen) atoms. The number of aryl methyl sites for hydroxylation is 1. The van der Waals surface area contributed by atoms with E-state index in [9.17, 15) is 4.79 Å². The number of amides is 1. The molecule has 0 atom stereocenters. The van der Waals surface area contributed by atoms with E-state index in [1.807, 2.05) is 29.6 Å². The second kappa shape index (κ2) is 6.33. The Morgan fingerprint density at radius 3 is 2.83 bits per heavy atom. The first-order chi connectivity index (χ1) is 8.70. The predicted molar refractivity (Wildman–Crippen MR) is 85.4 cm³/mol. The van der Waals surface area contributed by atoms with Crippen molar-refractivity contribution in [1.29, 1.82) is 0 Å². The van der Waals surface area contributed by atoms with E-state index in [-0.39, 0.29) is 5.91 Å². The van der Waals surface area contributed by atoms with Crippen molar-refractivity contribution < 1.29 is 4.79 Å². The standard InChI is InChI=1S/C14H14INOS/c1-2-5-10-6-3-4-7-12(10)16-14(17)11-8-13(15)18-9-11/h3-4,6-9H,2,5H2,1H3,(H,16,17). The smallest absolute Gasteiger partial charge is 0.256 e. The van der Waals surface area contributed by atoms with Crippen LogP contribution in [0, 0.1) is 2.88 Å². The zero-order valence-corrected chi connectivity index (χ0v) is 13.0. The maximum absolute atomic E-state index is 12.1. The highest BCUT2D eigenvalue weighted by Crippen LogP contribution is 2.20. The molecule has 0 saturated carbocycles. The van der Waals surface area contributed by atoms with Gasteiger partial charge in [0.05, 0.1) is 8.45 Å². The Morgan fingerprint density at radius 1 is 1.39 bits per heavy atom. The summed E-state index contributed by atoms with van der Waals surface area (Å²) in [5.41, 5.74) is 2.85. The maximum Gasteiger partial charge on any atom is 0.256 e. The Hall–Kier alpha value is -0.880. The number of benzene rings is 1. The molecule has 4 heteroatoms. The van der Waals surface area contributed by atoms with Crippen LogP contribution in [0.1, 0.15) is 29.3 Å². The SMILES string of the molecule is CCCc1ccccc1NC(=O)c1csc(I)c1. The first-order valence-corrected chi connectivity index (χ1v) is 7.80. The zero-order valence-electron chi connectivity index (χ0n) is 10.1. The van der Waals surface area contributed by atoms with Crippen molar-refractivity contribution in [3.63, 3.8) is 0 Å². The van der Waals surface area contributed by atoms with Crippen molar-refractivity contribution in [3.05, 3.63) is 49.7 Å². The molecule has 94 valence electrons. The monoisotopic (exact) mass is 371 g/mol. The van der Waals surface area contributed by atoms with Gasteiger partial charge in [0.25, 0.3) is 5.91 Å². The Morgan fingerprint density at radius 2 is 2.17 bits per heavy atom. The highest BCUT2D eigenvalue weighted by atomic mass is 127. The molecule has 2 nitrogen and oxygen atoms in total. The molecular formula is C14H14INOS. The van der Waals surface area contributed by atoms with Gasteiger partial charge in [0, 0.05) is 11.1 Å². The van der Waals surface area contributed by atoms with Gasteiger partial charge in [-0.25, -0.2) is 0 Å². The molecule has 1 N–H and O–H groups in total. The lowest BCUT2D eigenvalue weighted by molar-refractivity contribution is 0.102. The third kappa shape index (κ3) is 3.32. The highest BCUT2D eigenvalue weighted by Gasteiger charge is 2.10. The summed E-state index contributed by atoms with van der Waals surface area (Å²) in [4.78, 5) is 12.1. The van der Waals surface area contributed by atoms with Gasteiger partial charge in [-0.1, -0.05) is 31.5 Å². The quantitative estimate of drug-likeness (QED) is 0.785. The molecule has 0 radical (unpaired) electrons. The van der Waals surface area contributed by atoms with Crippen LogP contribution in [-0.2, 0) is 6.42 Å². The number of thiophene rings is 1. The van der Waals surface area contributed by atoms with Crippen LogP contribution >= 0.6 is 33.9 Å². The number of carbonyl (C=O) groups is 1. The molecule has 0 aliphatic carbocycles. The molecule has 2 rings (SSSR count). The van der Waals surface area contributed by atoms with Crippen LogP contribution in [0.4, 0.5) is 5.69 Å². The Balaban J connectivity index is 2.16. The van der Waals surface area contributed by atoms with E-state index in [1.165, 1.54) is 5.56 Å². The van der Waals surface area contributed by atoms with Gasteiger partial charge in [0.1, 0.15) is 0 Å². The number of hydrogen-bond donors (Lipinski definition) is 1. The number of anilines is 1. The molecule has 1 aromatic heterocycles. The lowest BCUT2D eigenvalue weighted by Gasteiger charge is -2.09. The normalized spacial score (nSPS) is 10.3. The minimum absolute atomic E-state index is 0.0299. The molecule has 1 heterocycles. The lowest BCUT2D eigenvalue weighted by Crippen LogP contribution is -2.12. The third-order valence-corrected chi connectivity index (χ3v) is 4.40. The zero-order chi connectivity index (χ0) is 13.0. The highest BCUT2D eigenvalue weighted by molar-refractivity contribution is 14.1. The van der Waals surface area contributed by atoms with Crippen LogP contribution in [-0.4, -0.2) is 5.91 Å². The second-order valence-corrected chi connectivity index (χ2v) is 6.81. The number of carbonyl (C=O) groups excluding carboxylic acids is 1. The van der Waals surface area contributed by atoms with Gasteiger partial charge in [0.15, 0.2) is 0 Å². The predicted octanol–water partition coefficient (Wildman–Crippen LogP) is 4.56. The first kappa shape index (κ1) is 13.5. The summed E-state index contributed by atoms with van der Waals surface area (Å²) in [7, 11) is 0. The van der Waals surface area contributed by atoms with Crippen LogP contribution in [0.3, 0.4) is 0 Å². The number of nitrogens with one attached hydrogen (secondary N) is 1. The minimum atomic E-state index is -0.0299. The van der Waals surface area contributed by atoms with Crippen LogP contribution in [0.25, 0.3) is 0 Å². The average molecular weight is 371 g/mol. The van der Waals surface area contributed by atoms with Crippen molar-refractivity contribution >= 4 is 45.5 Å². The molecule has 0 saturated heterocycles. The van der Waals surface area contributed by atoms with Gasteiger partial charge in [-0.2, -0.15) is 0 Å². The van der Waals surface area contributed by atoms with Crippen molar-refractivity contribution in [3.8, 4) is 0 Å². The van der Waals surface area contributed by atoms with Gasteiger partial charge >= 0.3 is 0 Å². The van der Waals surface area contributed by atoms with Gasteiger partial charge in [-0.3, -0.25) is 4.79 Å². The van der Waals surface area contributed by atoms with Gasteiger partial charge in [-0.15, -0.1) is 11.3 Å². The summed E-state index contributed by atoms with van der Waals surface area (Å²) >= 11 is 3.81. The average Bonchev–Trinajstić information content (AvgIpc) is 2.79. The van der Waals surface area contributed by atoms with E-state index in [0.717, 1.165) is 27.0 Å². The molecule has 1 aromatic carbocycles. The summed E-state index contributed by atoms with van der Waals surface area (Å²) in [5, 5.41) is 4.88. The molecule has 0 bridgehead atoms. The summed E-state index contributed by atoms with van der Waals surface area (Å²) < 4.78 is 1.12. The van der Waals surface area contributed by atoms with E-state index >= 15 is 0 Å². The van der Waals surface area contributed by atoms with Crippen LogP contribution in [0.15, 0.2) is 35.7 Å². The van der Waals surface area contributed by atoms with Crippen molar-refractivity contribution in [1.82, 2.24) is 0 Å². The Bertz CT molecular complexity index is 550. The van der Waals surface area contributed by atoms with Gasteiger partial charge < -0.3 is 5.32 Å². The third-order valence-electron chi connectivity index (χ3n) is 2.61. The largest absolute Gasteiger partial charge is 0.322 e. The fourth-order valence-electron chi connectivity index (χ4n) is 1.75. The molecule has 1 amide bonds. The van der Waals surface area contributed by atoms with E-state index in [0.29, 0.717) is 0 Å². The summed E-state index contributed by atoms with van der Waals surface area (Å²) in [6.07, 6.45) is 2.06. The summed E-state index contributed by atoms with van der Waals surface area (Å²) in [6.45, 7) is 2.14. The molecule has 0 spiro atoms. The number of para-hydroxylation sites is 1. The fourth-order valence-corrected chi connectivity index (χ4v) is 3.08. The number of hydrogen-bond acceptors (Lipinski definition) is 2. The van der Waals surface area contributed by atoms with E-state index in [4.69, 9.17) is 0 Å². The van der Waals surface area contributed by atoms with E-state index < -0.39 is 0 Å². The van der Waals surface area contributed by atoms with Gasteiger partial charge in [0.2, 0.25) is 0 Å². The summed E-state index contributed by atoms with van der Waals surface area (Å²) in [5.74, 6) is -0.0299. The Kier molecular flexibility index (Phi) is 4.77. The van der Waals surface area contributed by atoms with Crippen molar-refractivity contribution in [2.75, 3.05) is 5.32 Å². The van der Waals surface area contributed by atoms with E-state index in [2.05, 4.69) is 40.9 Å². The number of halogens is 1. The number of rotatable bonds is 4. The molecule has 0 unspecified atom stereocenters. The van der Waals surface area contributed by atoms with E-state index in [1.54, 1.807) is 11.3 Å². The molecule has 0 fully saturated rings. The maximum atomic E-state index is 12.1. The molecular weight excluding hydrogens is 357 g/mol. The first-order valence-electron chi connectivity index (χ1n) is 5.84. The molecule has 2 aromatic rings. The lowest BCUT2D eigenvalue weighted by atomic mass is 10.1. The fraction of sp³-hybridized carbons (Fsp3) is 0.214. The van der Waals surface area contributed by atoms with Gasteiger partial charge in [-0.05, 0) is 46.7 Å². The Labute approximate surface area is 125 Å². The molecule has 0 aliphatic rings. The van der Waals surface area contributed by atoms with Crippen LogP contribution in [0.5, 0.6) is 0 Å². The summed E-state index contributed by atoms with van der Waals surface area (Å²) in [6, 6.07) is 9.89. The van der Waals surface area contributed by atoms with Crippen LogP contribution < -0.4 is 5.32 Å². The molecule has 0 aliphatic heterocycles.